The number of rotatable bonds is 5. The Labute approximate surface area is 189 Å². The summed E-state index contributed by atoms with van der Waals surface area (Å²) in [4.78, 5) is 15.2. The van der Waals surface area contributed by atoms with Crippen molar-refractivity contribution < 1.29 is 13.2 Å². The van der Waals surface area contributed by atoms with E-state index in [1.165, 1.54) is 4.31 Å². The van der Waals surface area contributed by atoms with E-state index in [0.717, 1.165) is 27.6 Å². The molecule has 0 radical (unpaired) electrons. The zero-order valence-corrected chi connectivity index (χ0v) is 19.1. The fourth-order valence-electron chi connectivity index (χ4n) is 4.23. The normalized spacial score (nSPS) is 16.2. The van der Waals surface area contributed by atoms with Gasteiger partial charge in [-0.1, -0.05) is 48.5 Å². The van der Waals surface area contributed by atoms with Gasteiger partial charge in [-0.3, -0.25) is 4.79 Å². The van der Waals surface area contributed by atoms with Gasteiger partial charge in [0.15, 0.2) is 0 Å². The summed E-state index contributed by atoms with van der Waals surface area (Å²) in [6.45, 7) is 5.60. The standard InChI is InChI=1S/C24H28N4O3S/c1-17-10-11-20(27-12-14-28(15-13-27)32(25,30)31)16-23(17)24(29)26-18(2)21-9-5-7-19-6-3-4-8-22(19)21/h3-11,16,18H,12-15H2,1-2H3,(H,26,29)(H2,25,30,31)/t18-/m1/s1. The Morgan fingerprint density at radius 3 is 2.41 bits per heavy atom. The third kappa shape index (κ3) is 4.62. The first-order valence-electron chi connectivity index (χ1n) is 10.7. The highest BCUT2D eigenvalue weighted by Crippen LogP contribution is 2.26. The highest BCUT2D eigenvalue weighted by Gasteiger charge is 2.25. The number of benzene rings is 3. The molecule has 1 heterocycles. The lowest BCUT2D eigenvalue weighted by atomic mass is 9.99. The van der Waals surface area contributed by atoms with Gasteiger partial charge in [-0.25, -0.2) is 5.14 Å². The molecule has 3 N–H and O–H groups in total. The van der Waals surface area contributed by atoms with Gasteiger partial charge < -0.3 is 10.2 Å². The number of fused-ring (bicyclic) bond motifs is 1. The summed E-state index contributed by atoms with van der Waals surface area (Å²) in [5.41, 5.74) is 3.47. The van der Waals surface area contributed by atoms with E-state index in [0.29, 0.717) is 31.7 Å². The maximum absolute atomic E-state index is 13.2. The number of nitrogens with zero attached hydrogens (tertiary/aromatic N) is 2. The van der Waals surface area contributed by atoms with Crippen molar-refractivity contribution in [2.45, 2.75) is 19.9 Å². The topological polar surface area (TPSA) is 95.7 Å². The van der Waals surface area contributed by atoms with E-state index < -0.39 is 10.2 Å². The van der Waals surface area contributed by atoms with E-state index in [1.807, 2.05) is 56.3 Å². The van der Waals surface area contributed by atoms with Crippen molar-refractivity contribution in [1.82, 2.24) is 9.62 Å². The smallest absolute Gasteiger partial charge is 0.277 e. The van der Waals surface area contributed by atoms with Crippen LogP contribution in [0.4, 0.5) is 5.69 Å². The van der Waals surface area contributed by atoms with E-state index in [4.69, 9.17) is 5.14 Å². The molecule has 0 unspecified atom stereocenters. The zero-order chi connectivity index (χ0) is 22.9. The number of piperazine rings is 1. The number of aryl methyl sites for hydroxylation is 1. The highest BCUT2D eigenvalue weighted by atomic mass is 32.2. The van der Waals surface area contributed by atoms with Gasteiger partial charge in [0.05, 0.1) is 6.04 Å². The third-order valence-electron chi connectivity index (χ3n) is 6.07. The van der Waals surface area contributed by atoms with Crippen molar-refractivity contribution in [3.05, 3.63) is 77.4 Å². The molecule has 1 aliphatic rings. The van der Waals surface area contributed by atoms with Crippen LogP contribution in [0.15, 0.2) is 60.7 Å². The van der Waals surface area contributed by atoms with Crippen molar-refractivity contribution in [3.8, 4) is 0 Å². The Balaban J connectivity index is 1.52. The fraction of sp³-hybridized carbons (Fsp3) is 0.292. The molecule has 1 saturated heterocycles. The molecular weight excluding hydrogens is 424 g/mol. The molecule has 3 aromatic rings. The molecule has 4 rings (SSSR count). The van der Waals surface area contributed by atoms with Crippen molar-refractivity contribution in [1.29, 1.82) is 0 Å². The quantitative estimate of drug-likeness (QED) is 0.622. The molecule has 168 valence electrons. The van der Waals surface area contributed by atoms with E-state index in [9.17, 15) is 13.2 Å². The summed E-state index contributed by atoms with van der Waals surface area (Å²) in [5, 5.41) is 10.6. The van der Waals surface area contributed by atoms with Crippen molar-refractivity contribution in [3.63, 3.8) is 0 Å². The molecule has 3 aromatic carbocycles. The van der Waals surface area contributed by atoms with Crippen LogP contribution < -0.4 is 15.4 Å². The molecule has 0 aromatic heterocycles. The Morgan fingerprint density at radius 2 is 1.69 bits per heavy atom. The first-order valence-corrected chi connectivity index (χ1v) is 12.2. The van der Waals surface area contributed by atoms with Crippen LogP contribution in [-0.2, 0) is 10.2 Å². The maximum atomic E-state index is 13.2. The number of carbonyl (C=O) groups excluding carboxylic acids is 1. The molecule has 1 amide bonds. The second kappa shape index (κ2) is 8.90. The third-order valence-corrected chi connectivity index (χ3v) is 7.15. The predicted molar refractivity (Wildman–Crippen MR) is 128 cm³/mol. The van der Waals surface area contributed by atoms with Crippen LogP contribution in [0.1, 0.15) is 34.5 Å². The molecule has 0 aliphatic carbocycles. The van der Waals surface area contributed by atoms with Crippen LogP contribution in [0.25, 0.3) is 10.8 Å². The Bertz CT molecular complexity index is 1250. The van der Waals surface area contributed by atoms with Crippen LogP contribution in [0.3, 0.4) is 0 Å². The molecule has 8 heteroatoms. The van der Waals surface area contributed by atoms with Crippen molar-refractivity contribution >= 4 is 32.6 Å². The lowest BCUT2D eigenvalue weighted by molar-refractivity contribution is 0.0939. The summed E-state index contributed by atoms with van der Waals surface area (Å²) < 4.78 is 24.4. The predicted octanol–water partition coefficient (Wildman–Crippen LogP) is 2.96. The number of hydrogen-bond acceptors (Lipinski definition) is 4. The number of nitrogens with two attached hydrogens (primary N) is 1. The van der Waals surface area contributed by atoms with Gasteiger partial charge in [-0.2, -0.15) is 12.7 Å². The monoisotopic (exact) mass is 452 g/mol. The number of carbonyl (C=O) groups is 1. The van der Waals surface area contributed by atoms with E-state index in [-0.39, 0.29) is 11.9 Å². The summed E-state index contributed by atoms with van der Waals surface area (Å²) in [6, 6.07) is 19.9. The van der Waals surface area contributed by atoms with E-state index in [2.05, 4.69) is 28.4 Å². The van der Waals surface area contributed by atoms with Crippen LogP contribution in [0.5, 0.6) is 0 Å². The van der Waals surface area contributed by atoms with Crippen LogP contribution in [0.2, 0.25) is 0 Å². The zero-order valence-electron chi connectivity index (χ0n) is 18.3. The van der Waals surface area contributed by atoms with Crippen LogP contribution in [0, 0.1) is 6.92 Å². The molecule has 0 saturated carbocycles. The second-order valence-electron chi connectivity index (χ2n) is 8.19. The Kier molecular flexibility index (Phi) is 6.19. The number of anilines is 1. The first-order chi connectivity index (χ1) is 15.2. The number of amides is 1. The number of hydrogen-bond donors (Lipinski definition) is 2. The highest BCUT2D eigenvalue weighted by molar-refractivity contribution is 7.86. The van der Waals surface area contributed by atoms with Gasteiger partial charge >= 0.3 is 0 Å². The molecule has 1 fully saturated rings. The minimum atomic E-state index is -3.67. The molecular formula is C24H28N4O3S. The average molecular weight is 453 g/mol. The molecule has 7 nitrogen and oxygen atoms in total. The number of nitrogens with one attached hydrogen (secondary N) is 1. The maximum Gasteiger partial charge on any atom is 0.277 e. The van der Waals surface area contributed by atoms with Gasteiger partial charge in [-0.05, 0) is 47.9 Å². The van der Waals surface area contributed by atoms with Crippen molar-refractivity contribution in [2.75, 3.05) is 31.1 Å². The Morgan fingerprint density at radius 1 is 1.00 bits per heavy atom. The van der Waals surface area contributed by atoms with Crippen LogP contribution >= 0.6 is 0 Å². The summed E-state index contributed by atoms with van der Waals surface area (Å²) in [7, 11) is -3.67. The second-order valence-corrected chi connectivity index (χ2v) is 9.74. The Hall–Kier alpha value is -2.94. The molecule has 32 heavy (non-hydrogen) atoms. The first kappa shape index (κ1) is 22.3. The van der Waals surface area contributed by atoms with Gasteiger partial charge in [-0.15, -0.1) is 0 Å². The lowest BCUT2D eigenvalue weighted by Gasteiger charge is -2.34. The fourth-order valence-corrected chi connectivity index (χ4v) is 4.90. The summed E-state index contributed by atoms with van der Waals surface area (Å²) in [6.07, 6.45) is 0. The van der Waals surface area contributed by atoms with Gasteiger partial charge in [0.25, 0.3) is 16.1 Å². The molecule has 1 atom stereocenters. The lowest BCUT2D eigenvalue weighted by Crippen LogP contribution is -2.50. The minimum absolute atomic E-state index is 0.132. The molecule has 0 spiro atoms. The van der Waals surface area contributed by atoms with Gasteiger partial charge in [0, 0.05) is 37.4 Å². The summed E-state index contributed by atoms with van der Waals surface area (Å²) in [5.74, 6) is -0.132. The van der Waals surface area contributed by atoms with Crippen molar-refractivity contribution in [2.24, 2.45) is 5.14 Å². The van der Waals surface area contributed by atoms with Gasteiger partial charge in [0.1, 0.15) is 0 Å². The van der Waals surface area contributed by atoms with Crippen LogP contribution in [-0.4, -0.2) is 44.8 Å². The average Bonchev–Trinajstić information content (AvgIpc) is 2.78. The molecule has 1 aliphatic heterocycles. The van der Waals surface area contributed by atoms with E-state index >= 15 is 0 Å². The van der Waals surface area contributed by atoms with E-state index in [1.54, 1.807) is 0 Å². The minimum Gasteiger partial charge on any atom is -0.369 e. The molecule has 0 bridgehead atoms. The SMILES string of the molecule is Cc1ccc(N2CCN(S(N)(=O)=O)CC2)cc1C(=O)N[C@H](C)c1cccc2ccccc12. The van der Waals surface area contributed by atoms with Gasteiger partial charge in [0.2, 0.25) is 0 Å². The summed E-state index contributed by atoms with van der Waals surface area (Å²) >= 11 is 0. The largest absolute Gasteiger partial charge is 0.369 e.